The number of tetrazole rings is 1. The third kappa shape index (κ3) is 3.12. The van der Waals surface area contributed by atoms with Crippen LogP contribution < -0.4 is 0 Å². The average Bonchev–Trinajstić information content (AvgIpc) is 2.95. The van der Waals surface area contributed by atoms with Gasteiger partial charge in [-0.05, 0) is 52.5 Å². The Balaban J connectivity index is 1.95. The van der Waals surface area contributed by atoms with Crippen LogP contribution in [0.1, 0.15) is 5.56 Å². The molecule has 7 heteroatoms. The van der Waals surface area contributed by atoms with E-state index in [-0.39, 0.29) is 0 Å². The van der Waals surface area contributed by atoms with Gasteiger partial charge in [0.1, 0.15) is 0 Å². The topological polar surface area (TPSA) is 67.4 Å². The van der Waals surface area contributed by atoms with Crippen molar-refractivity contribution in [3.05, 3.63) is 58.6 Å². The van der Waals surface area contributed by atoms with E-state index in [2.05, 4.69) is 37.5 Å². The van der Waals surface area contributed by atoms with E-state index < -0.39 is 0 Å². The minimum absolute atomic E-state index is 0.589. The second-order valence-corrected chi connectivity index (χ2v) is 6.05. The maximum atomic E-state index is 9.02. The van der Waals surface area contributed by atoms with Crippen molar-refractivity contribution in [2.45, 2.75) is 10.1 Å². The molecule has 0 unspecified atom stereocenters. The highest BCUT2D eigenvalue weighted by molar-refractivity contribution is 9.10. The molecule has 1 aromatic heterocycles. The van der Waals surface area contributed by atoms with Gasteiger partial charge in [-0.1, -0.05) is 34.1 Å². The van der Waals surface area contributed by atoms with Crippen LogP contribution in [0.25, 0.3) is 5.69 Å². The Hall–Kier alpha value is -2.17. The lowest BCUT2D eigenvalue weighted by molar-refractivity contribution is 0.756. The maximum absolute atomic E-state index is 9.02. The SMILES string of the molecule is N#Cc1cc(Br)cc(Sc2nnnn2-c2ccccc2)c1. The number of para-hydroxylation sites is 1. The largest absolute Gasteiger partial charge is 0.218 e. The van der Waals surface area contributed by atoms with Gasteiger partial charge in [0.25, 0.3) is 0 Å². The minimum Gasteiger partial charge on any atom is -0.192 e. The summed E-state index contributed by atoms with van der Waals surface area (Å²) in [7, 11) is 0. The molecule has 5 nitrogen and oxygen atoms in total. The Morgan fingerprint density at radius 2 is 1.95 bits per heavy atom. The summed E-state index contributed by atoms with van der Waals surface area (Å²) in [5, 5.41) is 21.4. The van der Waals surface area contributed by atoms with Crippen LogP contribution in [0.3, 0.4) is 0 Å². The van der Waals surface area contributed by atoms with Crippen LogP contribution in [0.4, 0.5) is 0 Å². The summed E-state index contributed by atoms with van der Waals surface area (Å²) in [6.45, 7) is 0. The molecule has 0 fully saturated rings. The van der Waals surface area contributed by atoms with Crippen LogP contribution >= 0.6 is 27.7 Å². The smallest absolute Gasteiger partial charge is 0.192 e. The maximum Gasteiger partial charge on any atom is 0.218 e. The van der Waals surface area contributed by atoms with Gasteiger partial charge in [-0.3, -0.25) is 0 Å². The molecule has 0 spiro atoms. The fourth-order valence-corrected chi connectivity index (χ4v) is 3.30. The lowest BCUT2D eigenvalue weighted by Crippen LogP contribution is -1.98. The number of nitrogens with zero attached hydrogens (tertiary/aromatic N) is 5. The van der Waals surface area contributed by atoms with E-state index in [1.54, 1.807) is 16.8 Å². The molecular formula is C14H8BrN5S. The van der Waals surface area contributed by atoms with Gasteiger partial charge in [-0.15, -0.1) is 5.10 Å². The molecule has 21 heavy (non-hydrogen) atoms. The number of benzene rings is 2. The lowest BCUT2D eigenvalue weighted by Gasteiger charge is -2.04. The summed E-state index contributed by atoms with van der Waals surface area (Å²) in [6, 6.07) is 17.3. The fraction of sp³-hybridized carbons (Fsp3) is 0. The van der Waals surface area contributed by atoms with Crippen molar-refractivity contribution in [1.29, 1.82) is 5.26 Å². The number of rotatable bonds is 3. The molecule has 0 aliphatic rings. The first-order chi connectivity index (χ1) is 10.3. The van der Waals surface area contributed by atoms with Gasteiger partial charge in [0.15, 0.2) is 0 Å². The molecular weight excluding hydrogens is 350 g/mol. The van der Waals surface area contributed by atoms with Crippen molar-refractivity contribution in [1.82, 2.24) is 20.2 Å². The quantitative estimate of drug-likeness (QED) is 0.717. The fourth-order valence-electron chi connectivity index (χ4n) is 1.77. The van der Waals surface area contributed by atoms with Crippen molar-refractivity contribution in [2.24, 2.45) is 0 Å². The van der Waals surface area contributed by atoms with Crippen molar-refractivity contribution < 1.29 is 0 Å². The Kier molecular flexibility index (Phi) is 3.99. The van der Waals surface area contributed by atoms with Crippen LogP contribution in [-0.2, 0) is 0 Å². The second-order valence-electron chi connectivity index (χ2n) is 4.10. The van der Waals surface area contributed by atoms with Gasteiger partial charge < -0.3 is 0 Å². The predicted octanol–water partition coefficient (Wildman–Crippen LogP) is 3.45. The van der Waals surface area contributed by atoms with Crippen LogP contribution in [0.5, 0.6) is 0 Å². The van der Waals surface area contributed by atoms with E-state index in [0.29, 0.717) is 10.7 Å². The first kappa shape index (κ1) is 13.8. The molecule has 0 radical (unpaired) electrons. The first-order valence-electron chi connectivity index (χ1n) is 5.98. The molecule has 0 saturated carbocycles. The number of hydrogen-bond acceptors (Lipinski definition) is 5. The second kappa shape index (κ2) is 6.08. The number of halogens is 1. The summed E-state index contributed by atoms with van der Waals surface area (Å²) in [5.41, 5.74) is 1.48. The van der Waals surface area contributed by atoms with E-state index >= 15 is 0 Å². The molecule has 0 atom stereocenters. The molecule has 2 aromatic carbocycles. The average molecular weight is 358 g/mol. The third-order valence-electron chi connectivity index (χ3n) is 2.65. The van der Waals surface area contributed by atoms with Crippen molar-refractivity contribution in [2.75, 3.05) is 0 Å². The molecule has 0 bridgehead atoms. The van der Waals surface area contributed by atoms with E-state index in [4.69, 9.17) is 5.26 Å². The first-order valence-corrected chi connectivity index (χ1v) is 7.59. The zero-order valence-corrected chi connectivity index (χ0v) is 13.0. The molecule has 102 valence electrons. The molecule has 0 aliphatic carbocycles. The van der Waals surface area contributed by atoms with Crippen molar-refractivity contribution >= 4 is 27.7 Å². The predicted molar refractivity (Wildman–Crippen MR) is 82.1 cm³/mol. The van der Waals surface area contributed by atoms with Crippen molar-refractivity contribution in [3.63, 3.8) is 0 Å². The summed E-state index contributed by atoms with van der Waals surface area (Å²) >= 11 is 4.80. The van der Waals surface area contributed by atoms with Gasteiger partial charge in [0, 0.05) is 9.37 Å². The van der Waals surface area contributed by atoms with Gasteiger partial charge in [-0.25, -0.2) is 0 Å². The Bertz CT molecular complexity index is 810. The highest BCUT2D eigenvalue weighted by Gasteiger charge is 2.10. The lowest BCUT2D eigenvalue weighted by atomic mass is 10.2. The number of hydrogen-bond donors (Lipinski definition) is 0. The van der Waals surface area contributed by atoms with E-state index in [1.165, 1.54) is 11.8 Å². The molecule has 3 rings (SSSR count). The Morgan fingerprint density at radius 3 is 2.71 bits per heavy atom. The van der Waals surface area contributed by atoms with Gasteiger partial charge in [0.05, 0.1) is 17.3 Å². The normalized spacial score (nSPS) is 10.3. The van der Waals surface area contributed by atoms with E-state index in [9.17, 15) is 0 Å². The molecule has 3 aromatic rings. The van der Waals surface area contributed by atoms with Crippen molar-refractivity contribution in [3.8, 4) is 11.8 Å². The number of nitriles is 1. The molecule has 1 heterocycles. The van der Waals surface area contributed by atoms with E-state index in [1.807, 2.05) is 36.4 Å². The monoisotopic (exact) mass is 357 g/mol. The van der Waals surface area contributed by atoms with Gasteiger partial charge in [0.2, 0.25) is 5.16 Å². The van der Waals surface area contributed by atoms with Gasteiger partial charge >= 0.3 is 0 Å². The molecule has 0 aliphatic heterocycles. The third-order valence-corrected chi connectivity index (χ3v) is 4.02. The van der Waals surface area contributed by atoms with Crippen LogP contribution in [0.2, 0.25) is 0 Å². The van der Waals surface area contributed by atoms with Gasteiger partial charge in [-0.2, -0.15) is 9.94 Å². The summed E-state index contributed by atoms with van der Waals surface area (Å²) < 4.78 is 2.51. The van der Waals surface area contributed by atoms with E-state index in [0.717, 1.165) is 15.1 Å². The molecule has 0 saturated heterocycles. The highest BCUT2D eigenvalue weighted by Crippen LogP contribution is 2.30. The summed E-state index contributed by atoms with van der Waals surface area (Å²) in [5.74, 6) is 0. The summed E-state index contributed by atoms with van der Waals surface area (Å²) in [4.78, 5) is 0.896. The Labute approximate surface area is 133 Å². The summed E-state index contributed by atoms with van der Waals surface area (Å²) in [6.07, 6.45) is 0. The minimum atomic E-state index is 0.589. The standard InChI is InChI=1S/C14H8BrN5S/c15-11-6-10(9-16)7-13(8-11)21-14-17-18-19-20(14)12-4-2-1-3-5-12/h1-8H. The Morgan fingerprint density at radius 1 is 1.14 bits per heavy atom. The zero-order valence-electron chi connectivity index (χ0n) is 10.6. The van der Waals surface area contributed by atoms with Crippen LogP contribution in [0, 0.1) is 11.3 Å². The molecule has 0 amide bonds. The zero-order chi connectivity index (χ0) is 14.7. The van der Waals surface area contributed by atoms with Crippen LogP contribution in [-0.4, -0.2) is 20.2 Å². The number of aromatic nitrogens is 4. The highest BCUT2D eigenvalue weighted by atomic mass is 79.9. The van der Waals surface area contributed by atoms with Crippen LogP contribution in [0.15, 0.2) is 63.1 Å². The molecule has 0 N–H and O–H groups in total.